The molecule has 3 nitrogen and oxygen atoms in total. The molecule has 0 bridgehead atoms. The molecule has 0 aliphatic rings. The van der Waals surface area contributed by atoms with Crippen molar-refractivity contribution in [1.29, 1.82) is 0 Å². The van der Waals surface area contributed by atoms with Gasteiger partial charge in [-0.05, 0) is 12.1 Å². The quantitative estimate of drug-likeness (QED) is 0.535. The predicted molar refractivity (Wildman–Crippen MR) is 66.1 cm³/mol. The lowest BCUT2D eigenvalue weighted by Crippen LogP contribution is -3.00. The number of Topliss-reactive ketones (excluding diaryl/α,β-unsaturated/α-hetero) is 1. The highest BCUT2D eigenvalue weighted by Crippen LogP contribution is 2.29. The van der Waals surface area contributed by atoms with Gasteiger partial charge in [0.2, 0.25) is 5.78 Å². The van der Waals surface area contributed by atoms with E-state index in [4.69, 9.17) is 0 Å². The van der Waals surface area contributed by atoms with E-state index in [1.807, 2.05) is 24.7 Å². The molecular weight excluding hydrogens is 349 g/mol. The molecule has 2 rings (SSSR count). The second kappa shape index (κ2) is 6.43. The van der Waals surface area contributed by atoms with Gasteiger partial charge in [0.1, 0.15) is 12.4 Å². The van der Waals surface area contributed by atoms with Gasteiger partial charge in [-0.1, -0.05) is 12.1 Å². The second-order valence-corrected chi connectivity index (χ2v) is 4.58. The number of rotatable bonds is 3. The Bertz CT molecular complexity index is 633. The van der Waals surface area contributed by atoms with Crippen LogP contribution in [0.25, 0.3) is 0 Å². The number of halogens is 4. The van der Waals surface area contributed by atoms with Crippen LogP contribution in [0.1, 0.15) is 21.7 Å². The maximum Gasteiger partial charge on any atom is 0.416 e. The molecule has 0 aliphatic carbocycles. The zero-order chi connectivity index (χ0) is 14.9. The lowest BCUT2D eigenvalue weighted by molar-refractivity contribution is -0.677. The number of aromatic nitrogens is 2. The number of benzene rings is 1. The first-order valence-electron chi connectivity index (χ1n) is 6.01. The second-order valence-electron chi connectivity index (χ2n) is 4.58. The van der Waals surface area contributed by atoms with Crippen LogP contribution in [0.2, 0.25) is 0 Å². The fourth-order valence-corrected chi connectivity index (χ4v) is 1.86. The maximum atomic E-state index is 12.4. The van der Waals surface area contributed by atoms with Gasteiger partial charge in [0.15, 0.2) is 6.54 Å². The third-order valence-electron chi connectivity index (χ3n) is 3.24. The van der Waals surface area contributed by atoms with Gasteiger partial charge in [0, 0.05) is 12.5 Å². The highest BCUT2D eigenvalue weighted by atomic mass is 79.9. The topological polar surface area (TPSA) is 25.9 Å². The Morgan fingerprint density at radius 1 is 1.24 bits per heavy atom. The number of carbonyl (C=O) groups is 1. The Hall–Kier alpha value is -1.63. The minimum atomic E-state index is -4.38. The van der Waals surface area contributed by atoms with Crippen LogP contribution < -0.4 is 21.5 Å². The number of hydrogen-bond donors (Lipinski definition) is 0. The summed E-state index contributed by atoms with van der Waals surface area (Å²) in [5.74, 6) is 0.670. The summed E-state index contributed by atoms with van der Waals surface area (Å²) in [5.41, 5.74) is -0.480. The highest BCUT2D eigenvalue weighted by Gasteiger charge is 2.30. The SMILES string of the molecule is Cc1n(CC(=O)c2ccc(C(F)(F)F)cc2)cc[n+]1C.[Br-]. The van der Waals surface area contributed by atoms with Crippen molar-refractivity contribution in [1.82, 2.24) is 4.57 Å². The zero-order valence-electron chi connectivity index (χ0n) is 11.5. The van der Waals surface area contributed by atoms with Crippen molar-refractivity contribution in [3.63, 3.8) is 0 Å². The molecule has 0 unspecified atom stereocenters. The summed E-state index contributed by atoms with van der Waals surface area (Å²) < 4.78 is 40.9. The summed E-state index contributed by atoms with van der Waals surface area (Å²) >= 11 is 0. The summed E-state index contributed by atoms with van der Waals surface area (Å²) in [5, 5.41) is 0. The van der Waals surface area contributed by atoms with Gasteiger partial charge in [-0.2, -0.15) is 13.2 Å². The average molecular weight is 363 g/mol. The number of aryl methyl sites for hydroxylation is 1. The fourth-order valence-electron chi connectivity index (χ4n) is 1.86. The van der Waals surface area contributed by atoms with Crippen molar-refractivity contribution in [3.8, 4) is 0 Å². The first-order chi connectivity index (χ1) is 9.29. The minimum absolute atomic E-state index is 0. The molecule has 0 amide bonds. The van der Waals surface area contributed by atoms with E-state index in [2.05, 4.69) is 0 Å². The number of alkyl halides is 3. The van der Waals surface area contributed by atoms with Crippen LogP contribution in [0.5, 0.6) is 0 Å². The smallest absolute Gasteiger partial charge is 0.416 e. The van der Waals surface area contributed by atoms with E-state index in [1.54, 1.807) is 10.8 Å². The molecule has 1 aromatic carbocycles. The first kappa shape index (κ1) is 17.4. The van der Waals surface area contributed by atoms with E-state index >= 15 is 0 Å². The Morgan fingerprint density at radius 3 is 2.24 bits per heavy atom. The summed E-state index contributed by atoms with van der Waals surface area (Å²) in [4.78, 5) is 12.0. The standard InChI is InChI=1S/C14H14F3N2O.BrH/c1-10-18(2)7-8-19(10)9-13(20)11-3-5-12(6-4-11)14(15,16)17;/h3-8H,9H2,1-2H3;1H/q+1;/p-1. The summed E-state index contributed by atoms with van der Waals surface area (Å²) in [7, 11) is 1.86. The molecule has 0 aliphatic heterocycles. The molecule has 0 spiro atoms. The van der Waals surface area contributed by atoms with Crippen LogP contribution in [-0.2, 0) is 19.8 Å². The van der Waals surface area contributed by atoms with Crippen LogP contribution in [0.15, 0.2) is 36.7 Å². The van der Waals surface area contributed by atoms with E-state index in [0.717, 1.165) is 18.0 Å². The molecule has 0 fully saturated rings. The van der Waals surface area contributed by atoms with Crippen LogP contribution in [0.4, 0.5) is 13.2 Å². The van der Waals surface area contributed by atoms with Crippen LogP contribution in [0, 0.1) is 6.92 Å². The van der Waals surface area contributed by atoms with Gasteiger partial charge in [0.05, 0.1) is 12.6 Å². The number of nitrogens with zero attached hydrogens (tertiary/aromatic N) is 2. The van der Waals surface area contributed by atoms with Gasteiger partial charge in [0.25, 0.3) is 5.82 Å². The van der Waals surface area contributed by atoms with Crippen LogP contribution in [0.3, 0.4) is 0 Å². The average Bonchev–Trinajstić information content (AvgIpc) is 2.70. The van der Waals surface area contributed by atoms with E-state index in [-0.39, 0.29) is 34.9 Å². The zero-order valence-corrected chi connectivity index (χ0v) is 13.1. The number of hydrogen-bond acceptors (Lipinski definition) is 1. The molecule has 7 heteroatoms. The monoisotopic (exact) mass is 362 g/mol. The lowest BCUT2D eigenvalue weighted by atomic mass is 10.1. The van der Waals surface area contributed by atoms with Gasteiger partial charge in [-0.3, -0.25) is 4.79 Å². The molecule has 1 aromatic heterocycles. The molecule has 114 valence electrons. The third kappa shape index (κ3) is 3.93. The van der Waals surface area contributed by atoms with Crippen molar-refractivity contribution in [2.24, 2.45) is 7.05 Å². The molecule has 0 saturated carbocycles. The Kier molecular flexibility index (Phi) is 5.33. The van der Waals surface area contributed by atoms with Gasteiger partial charge in [-0.25, -0.2) is 9.13 Å². The van der Waals surface area contributed by atoms with Gasteiger partial charge < -0.3 is 17.0 Å². The highest BCUT2D eigenvalue weighted by molar-refractivity contribution is 5.95. The third-order valence-corrected chi connectivity index (χ3v) is 3.24. The van der Waals surface area contributed by atoms with Gasteiger partial charge >= 0.3 is 6.18 Å². The van der Waals surface area contributed by atoms with Crippen molar-refractivity contribution in [3.05, 3.63) is 53.6 Å². The summed E-state index contributed by atoms with van der Waals surface area (Å²) in [6.07, 6.45) is -0.807. The lowest BCUT2D eigenvalue weighted by Gasteiger charge is -2.06. The van der Waals surface area contributed by atoms with Crippen molar-refractivity contribution in [2.75, 3.05) is 0 Å². The van der Waals surface area contributed by atoms with E-state index in [9.17, 15) is 18.0 Å². The van der Waals surface area contributed by atoms with E-state index in [0.29, 0.717) is 0 Å². The van der Waals surface area contributed by atoms with Crippen LogP contribution in [-0.4, -0.2) is 10.4 Å². The Morgan fingerprint density at radius 2 is 1.81 bits per heavy atom. The van der Waals surface area contributed by atoms with Crippen molar-refractivity contribution < 1.29 is 39.5 Å². The normalized spacial score (nSPS) is 11.1. The number of carbonyl (C=O) groups excluding carboxylic acids is 1. The molecule has 0 atom stereocenters. The molecule has 0 radical (unpaired) electrons. The number of ketones is 1. The Labute approximate surface area is 130 Å². The predicted octanol–water partition coefficient (Wildman–Crippen LogP) is -0.473. The van der Waals surface area contributed by atoms with E-state index < -0.39 is 11.7 Å². The maximum absolute atomic E-state index is 12.4. The first-order valence-corrected chi connectivity index (χ1v) is 6.01. The van der Waals surface area contributed by atoms with Crippen molar-refractivity contribution in [2.45, 2.75) is 19.6 Å². The molecule has 2 aromatic rings. The van der Waals surface area contributed by atoms with Crippen LogP contribution >= 0.6 is 0 Å². The summed E-state index contributed by atoms with van der Waals surface area (Å²) in [6, 6.07) is 4.28. The minimum Gasteiger partial charge on any atom is -1.00 e. The molecule has 0 N–H and O–H groups in total. The van der Waals surface area contributed by atoms with Gasteiger partial charge in [-0.15, -0.1) is 0 Å². The van der Waals surface area contributed by atoms with E-state index in [1.165, 1.54) is 12.1 Å². The molecule has 21 heavy (non-hydrogen) atoms. The molecular formula is C14H14BrF3N2O. The fraction of sp³-hybridized carbons (Fsp3) is 0.286. The number of imidazole rings is 1. The van der Waals surface area contributed by atoms with Crippen molar-refractivity contribution >= 4 is 5.78 Å². The summed E-state index contributed by atoms with van der Waals surface area (Å²) in [6.45, 7) is 1.97. The molecule has 0 saturated heterocycles. The largest absolute Gasteiger partial charge is 1.00 e. The molecule has 1 heterocycles. The Balaban J connectivity index is 0.00000220.